The Morgan fingerprint density at radius 2 is 1.61 bits per heavy atom. The molecule has 1 N–H and O–H groups in total. The summed E-state index contributed by atoms with van der Waals surface area (Å²) in [5, 5.41) is 8.89. The van der Waals surface area contributed by atoms with Crippen molar-refractivity contribution in [3.05, 3.63) is 59.9 Å². The molecule has 0 fully saturated rings. The minimum Gasteiger partial charge on any atom is -0.480 e. The van der Waals surface area contributed by atoms with Crippen LogP contribution in [0.1, 0.15) is 0 Å². The van der Waals surface area contributed by atoms with Gasteiger partial charge in [-0.05, 0) is 36.4 Å². The lowest BCUT2D eigenvalue weighted by atomic mass is 10.3. The van der Waals surface area contributed by atoms with Crippen LogP contribution in [0.2, 0.25) is 0 Å². The van der Waals surface area contributed by atoms with Crippen molar-refractivity contribution < 1.29 is 31.5 Å². The van der Waals surface area contributed by atoms with Gasteiger partial charge in [-0.25, -0.2) is 21.6 Å². The number of carboxylic acid groups (broad SMARTS) is 1. The molecule has 0 aliphatic heterocycles. The lowest BCUT2D eigenvalue weighted by Crippen LogP contribution is -2.35. The first-order valence-electron chi connectivity index (χ1n) is 6.17. The van der Waals surface area contributed by atoms with Gasteiger partial charge in [0.1, 0.15) is 12.4 Å². The molecule has 0 bridgehead atoms. The van der Waals surface area contributed by atoms with Crippen molar-refractivity contribution >= 4 is 21.7 Å². The van der Waals surface area contributed by atoms with Crippen LogP contribution in [-0.2, 0) is 14.8 Å². The first-order chi connectivity index (χ1) is 10.7. The predicted octanol–water partition coefficient (Wildman–Crippen LogP) is 2.38. The first kappa shape index (κ1) is 16.8. The van der Waals surface area contributed by atoms with Crippen LogP contribution < -0.4 is 4.31 Å². The highest BCUT2D eigenvalue weighted by atomic mass is 32.2. The Morgan fingerprint density at radius 1 is 1.00 bits per heavy atom. The van der Waals surface area contributed by atoms with E-state index < -0.39 is 40.0 Å². The number of benzene rings is 2. The van der Waals surface area contributed by atoms with Gasteiger partial charge in [0.2, 0.25) is 0 Å². The molecule has 0 saturated carbocycles. The molecule has 0 heterocycles. The van der Waals surface area contributed by atoms with Crippen LogP contribution in [0.5, 0.6) is 0 Å². The molecule has 9 heteroatoms. The Balaban J connectivity index is 2.55. The zero-order valence-corrected chi connectivity index (χ0v) is 12.2. The number of rotatable bonds is 5. The van der Waals surface area contributed by atoms with Gasteiger partial charge in [-0.3, -0.25) is 9.10 Å². The van der Waals surface area contributed by atoms with Gasteiger partial charge in [-0.15, -0.1) is 0 Å². The molecule has 0 radical (unpaired) electrons. The van der Waals surface area contributed by atoms with Crippen molar-refractivity contribution in [1.29, 1.82) is 0 Å². The highest BCUT2D eigenvalue weighted by Gasteiger charge is 2.27. The summed E-state index contributed by atoms with van der Waals surface area (Å²) in [6.07, 6.45) is 0. The maximum atomic E-state index is 13.3. The van der Waals surface area contributed by atoms with Gasteiger partial charge in [0.05, 0.1) is 10.6 Å². The molecule has 0 aliphatic carbocycles. The number of aliphatic carboxylic acids is 1. The number of hydrogen-bond acceptors (Lipinski definition) is 3. The molecule has 122 valence electrons. The van der Waals surface area contributed by atoms with Crippen molar-refractivity contribution in [3.63, 3.8) is 0 Å². The summed E-state index contributed by atoms with van der Waals surface area (Å²) in [5.41, 5.74) is -0.365. The Labute approximate surface area is 129 Å². The first-order valence-corrected chi connectivity index (χ1v) is 7.61. The van der Waals surface area contributed by atoms with E-state index in [1.54, 1.807) is 0 Å². The van der Waals surface area contributed by atoms with Gasteiger partial charge in [-0.2, -0.15) is 0 Å². The van der Waals surface area contributed by atoms with Gasteiger partial charge < -0.3 is 5.11 Å². The smallest absolute Gasteiger partial charge is 0.324 e. The van der Waals surface area contributed by atoms with Crippen LogP contribution in [0.25, 0.3) is 0 Å². The molecule has 0 aromatic heterocycles. The zero-order valence-electron chi connectivity index (χ0n) is 11.4. The Bertz CT molecular complexity index is 838. The highest BCUT2D eigenvalue weighted by molar-refractivity contribution is 7.92. The van der Waals surface area contributed by atoms with Gasteiger partial charge in [-0.1, -0.05) is 0 Å². The quantitative estimate of drug-likeness (QED) is 0.903. The molecule has 0 spiro atoms. The second-order valence-corrected chi connectivity index (χ2v) is 6.32. The van der Waals surface area contributed by atoms with Crippen molar-refractivity contribution in [1.82, 2.24) is 0 Å². The van der Waals surface area contributed by atoms with Crippen molar-refractivity contribution in [2.24, 2.45) is 0 Å². The monoisotopic (exact) mass is 345 g/mol. The van der Waals surface area contributed by atoms with E-state index in [0.717, 1.165) is 30.3 Å². The number of hydrogen-bond donors (Lipinski definition) is 1. The average molecular weight is 345 g/mol. The Kier molecular flexibility index (Phi) is 4.60. The van der Waals surface area contributed by atoms with Crippen molar-refractivity contribution in [2.45, 2.75) is 4.90 Å². The van der Waals surface area contributed by atoms with Crippen LogP contribution in [0.3, 0.4) is 0 Å². The molecule has 2 rings (SSSR count). The topological polar surface area (TPSA) is 74.7 Å². The number of carbonyl (C=O) groups is 1. The fraction of sp³-hybridized carbons (Fsp3) is 0.0714. The van der Waals surface area contributed by atoms with Gasteiger partial charge in [0, 0.05) is 6.07 Å². The second-order valence-electron chi connectivity index (χ2n) is 4.46. The third-order valence-corrected chi connectivity index (χ3v) is 4.66. The molecule has 0 amide bonds. The lowest BCUT2D eigenvalue weighted by molar-refractivity contribution is -0.135. The van der Waals surface area contributed by atoms with E-state index in [2.05, 4.69) is 0 Å². The fourth-order valence-corrected chi connectivity index (χ4v) is 3.22. The summed E-state index contributed by atoms with van der Waals surface area (Å²) in [6.45, 7) is -1.01. The van der Waals surface area contributed by atoms with Crippen LogP contribution >= 0.6 is 0 Å². The third kappa shape index (κ3) is 3.62. The molecular formula is C14H10F3NO4S. The summed E-state index contributed by atoms with van der Waals surface area (Å²) < 4.78 is 64.6. The minimum absolute atomic E-state index is 0.365. The van der Waals surface area contributed by atoms with E-state index in [1.807, 2.05) is 0 Å². The van der Waals surface area contributed by atoms with Gasteiger partial charge >= 0.3 is 5.97 Å². The lowest BCUT2D eigenvalue weighted by Gasteiger charge is -2.22. The van der Waals surface area contributed by atoms with Crippen LogP contribution in [0.4, 0.5) is 18.9 Å². The second kappa shape index (κ2) is 6.29. The molecule has 0 atom stereocenters. The Hall–Kier alpha value is -2.55. The zero-order chi connectivity index (χ0) is 17.2. The maximum Gasteiger partial charge on any atom is 0.324 e. The number of nitrogens with zero attached hydrogens (tertiary/aromatic N) is 1. The SMILES string of the molecule is O=C(O)CN(c1ccc(F)c(F)c1)S(=O)(=O)c1ccc(F)cc1. The molecule has 0 unspecified atom stereocenters. The third-order valence-electron chi connectivity index (χ3n) is 2.87. The standard InChI is InChI=1S/C14H10F3NO4S/c15-9-1-4-11(5-2-9)23(21,22)18(8-14(19)20)10-3-6-12(16)13(17)7-10/h1-7H,8H2,(H,19,20). The van der Waals surface area contributed by atoms with E-state index in [9.17, 15) is 26.4 Å². The van der Waals surface area contributed by atoms with E-state index in [1.165, 1.54) is 0 Å². The van der Waals surface area contributed by atoms with E-state index in [0.29, 0.717) is 16.4 Å². The Morgan fingerprint density at radius 3 is 2.13 bits per heavy atom. The van der Waals surface area contributed by atoms with Crippen LogP contribution in [0, 0.1) is 17.5 Å². The summed E-state index contributed by atoms with van der Waals surface area (Å²) >= 11 is 0. The highest BCUT2D eigenvalue weighted by Crippen LogP contribution is 2.25. The number of carboxylic acids is 1. The summed E-state index contributed by atoms with van der Waals surface area (Å²) in [4.78, 5) is 10.5. The number of halogens is 3. The summed E-state index contributed by atoms with van der Waals surface area (Å²) in [5.74, 6) is -4.71. The average Bonchev–Trinajstić information content (AvgIpc) is 2.48. The minimum atomic E-state index is -4.40. The summed E-state index contributed by atoms with van der Waals surface area (Å²) in [7, 11) is -4.40. The van der Waals surface area contributed by atoms with Crippen LogP contribution in [-0.4, -0.2) is 26.0 Å². The van der Waals surface area contributed by atoms with Gasteiger partial charge in [0.15, 0.2) is 11.6 Å². The van der Waals surface area contributed by atoms with Crippen LogP contribution in [0.15, 0.2) is 47.4 Å². The fourth-order valence-electron chi connectivity index (χ4n) is 1.81. The molecule has 0 saturated heterocycles. The molecule has 2 aromatic carbocycles. The van der Waals surface area contributed by atoms with E-state index in [4.69, 9.17) is 5.11 Å². The molecule has 2 aromatic rings. The van der Waals surface area contributed by atoms with E-state index >= 15 is 0 Å². The maximum absolute atomic E-state index is 13.3. The normalized spacial score (nSPS) is 11.3. The number of anilines is 1. The molecular weight excluding hydrogens is 335 g/mol. The van der Waals surface area contributed by atoms with Crippen molar-refractivity contribution in [3.8, 4) is 0 Å². The van der Waals surface area contributed by atoms with E-state index in [-0.39, 0.29) is 10.6 Å². The van der Waals surface area contributed by atoms with Crippen molar-refractivity contribution in [2.75, 3.05) is 10.8 Å². The van der Waals surface area contributed by atoms with Gasteiger partial charge in [0.25, 0.3) is 10.0 Å². The number of sulfonamides is 1. The predicted molar refractivity (Wildman–Crippen MR) is 74.9 cm³/mol. The molecule has 0 aliphatic rings. The molecule has 5 nitrogen and oxygen atoms in total. The largest absolute Gasteiger partial charge is 0.480 e. The molecule has 23 heavy (non-hydrogen) atoms. The summed E-state index contributed by atoms with van der Waals surface area (Å²) in [6, 6.07) is 5.84.